The van der Waals surface area contributed by atoms with Crippen molar-refractivity contribution >= 4 is 0 Å². The van der Waals surface area contributed by atoms with Gasteiger partial charge >= 0.3 is 0 Å². The maximum atomic E-state index is 5.86. The Morgan fingerprint density at radius 3 is 2.44 bits per heavy atom. The maximum absolute atomic E-state index is 5.86. The van der Waals surface area contributed by atoms with E-state index in [2.05, 4.69) is 58.1 Å². The molecule has 0 saturated heterocycles. The third-order valence-corrected chi connectivity index (χ3v) is 3.42. The zero-order valence-corrected chi connectivity index (χ0v) is 12.4. The van der Waals surface area contributed by atoms with Gasteiger partial charge in [0.15, 0.2) is 0 Å². The van der Waals surface area contributed by atoms with Gasteiger partial charge in [-0.15, -0.1) is 0 Å². The quantitative estimate of drug-likeness (QED) is 0.777. The Balaban J connectivity index is 2.68. The van der Waals surface area contributed by atoms with Crippen LogP contribution >= 0.6 is 0 Å². The molecule has 18 heavy (non-hydrogen) atoms. The molecule has 1 rings (SSSR count). The SMILES string of the molecule is CC[C@@H](C)N[C@H](C)c1cccc(O[C@@H](C)CC)c1. The highest BCUT2D eigenvalue weighted by atomic mass is 16.5. The molecule has 0 saturated carbocycles. The van der Waals surface area contributed by atoms with Crippen molar-refractivity contribution in [2.75, 3.05) is 0 Å². The van der Waals surface area contributed by atoms with E-state index >= 15 is 0 Å². The van der Waals surface area contributed by atoms with Gasteiger partial charge in [-0.2, -0.15) is 0 Å². The fraction of sp³-hybridized carbons (Fsp3) is 0.625. The fourth-order valence-electron chi connectivity index (χ4n) is 1.81. The van der Waals surface area contributed by atoms with Crippen LogP contribution in [-0.4, -0.2) is 12.1 Å². The van der Waals surface area contributed by atoms with Crippen LogP contribution in [-0.2, 0) is 0 Å². The third-order valence-electron chi connectivity index (χ3n) is 3.42. The van der Waals surface area contributed by atoms with E-state index in [0.29, 0.717) is 12.1 Å². The molecule has 0 spiro atoms. The minimum absolute atomic E-state index is 0.276. The van der Waals surface area contributed by atoms with Gasteiger partial charge in [-0.1, -0.05) is 26.0 Å². The molecule has 0 amide bonds. The highest BCUT2D eigenvalue weighted by molar-refractivity contribution is 5.30. The van der Waals surface area contributed by atoms with Crippen LogP contribution in [0.3, 0.4) is 0 Å². The van der Waals surface area contributed by atoms with E-state index in [0.717, 1.165) is 18.6 Å². The Morgan fingerprint density at radius 2 is 1.83 bits per heavy atom. The van der Waals surface area contributed by atoms with Gasteiger partial charge in [0.25, 0.3) is 0 Å². The van der Waals surface area contributed by atoms with Crippen molar-refractivity contribution in [3.63, 3.8) is 0 Å². The van der Waals surface area contributed by atoms with Gasteiger partial charge in [-0.05, 0) is 51.3 Å². The molecule has 0 fully saturated rings. The molecule has 0 heterocycles. The van der Waals surface area contributed by atoms with E-state index < -0.39 is 0 Å². The fourth-order valence-corrected chi connectivity index (χ4v) is 1.81. The molecule has 0 aromatic heterocycles. The molecule has 102 valence electrons. The average molecular weight is 249 g/mol. The molecule has 0 bridgehead atoms. The topological polar surface area (TPSA) is 21.3 Å². The van der Waals surface area contributed by atoms with E-state index in [1.165, 1.54) is 5.56 Å². The minimum atomic E-state index is 0.276. The Hall–Kier alpha value is -1.02. The summed E-state index contributed by atoms with van der Waals surface area (Å²) in [4.78, 5) is 0. The monoisotopic (exact) mass is 249 g/mol. The van der Waals surface area contributed by atoms with Crippen LogP contribution in [0.25, 0.3) is 0 Å². The number of hydrogen-bond donors (Lipinski definition) is 1. The molecule has 1 aromatic rings. The summed E-state index contributed by atoms with van der Waals surface area (Å²) in [5.41, 5.74) is 1.29. The summed E-state index contributed by atoms with van der Waals surface area (Å²) in [6.45, 7) is 10.9. The molecule has 0 aliphatic carbocycles. The summed E-state index contributed by atoms with van der Waals surface area (Å²) in [5, 5.41) is 3.58. The van der Waals surface area contributed by atoms with Gasteiger partial charge in [-0.25, -0.2) is 0 Å². The minimum Gasteiger partial charge on any atom is -0.491 e. The van der Waals surface area contributed by atoms with Gasteiger partial charge < -0.3 is 10.1 Å². The predicted molar refractivity (Wildman–Crippen MR) is 78.1 cm³/mol. The molecule has 1 N–H and O–H groups in total. The molecular formula is C16H27NO. The Kier molecular flexibility index (Phi) is 6.20. The first-order valence-electron chi connectivity index (χ1n) is 7.09. The Morgan fingerprint density at radius 1 is 1.11 bits per heavy atom. The summed E-state index contributed by atoms with van der Waals surface area (Å²) >= 11 is 0. The molecule has 1 aromatic carbocycles. The normalized spacial score (nSPS) is 16.1. The second-order valence-electron chi connectivity index (χ2n) is 5.11. The number of hydrogen-bond acceptors (Lipinski definition) is 2. The predicted octanol–water partition coefficient (Wildman–Crippen LogP) is 4.31. The van der Waals surface area contributed by atoms with Crippen molar-refractivity contribution in [1.29, 1.82) is 0 Å². The first-order chi connectivity index (χ1) is 8.56. The summed E-state index contributed by atoms with van der Waals surface area (Å²) < 4.78 is 5.86. The number of ether oxygens (including phenoxy) is 1. The van der Waals surface area contributed by atoms with E-state index in [4.69, 9.17) is 4.74 Å². The standard InChI is InChI=1S/C16H27NO/c1-6-12(3)17-14(5)15-9-8-10-16(11-15)18-13(4)7-2/h8-14,17H,6-7H2,1-5H3/t12-,13+,14-/m1/s1. The van der Waals surface area contributed by atoms with E-state index in [-0.39, 0.29) is 6.10 Å². The molecule has 0 aliphatic rings. The number of nitrogens with one attached hydrogen (secondary N) is 1. The lowest BCUT2D eigenvalue weighted by molar-refractivity contribution is 0.217. The second-order valence-corrected chi connectivity index (χ2v) is 5.11. The van der Waals surface area contributed by atoms with Crippen molar-refractivity contribution in [2.45, 2.75) is 65.6 Å². The van der Waals surface area contributed by atoms with Crippen molar-refractivity contribution in [3.05, 3.63) is 29.8 Å². The van der Waals surface area contributed by atoms with E-state index in [1.807, 2.05) is 6.07 Å². The van der Waals surface area contributed by atoms with Gasteiger partial charge in [0.1, 0.15) is 5.75 Å². The first-order valence-corrected chi connectivity index (χ1v) is 7.09. The van der Waals surface area contributed by atoms with Crippen LogP contribution in [0.2, 0.25) is 0 Å². The van der Waals surface area contributed by atoms with Crippen LogP contribution in [0, 0.1) is 0 Å². The first kappa shape index (κ1) is 15.0. The van der Waals surface area contributed by atoms with Crippen LogP contribution in [0.5, 0.6) is 5.75 Å². The van der Waals surface area contributed by atoms with Gasteiger partial charge in [0.05, 0.1) is 6.10 Å². The van der Waals surface area contributed by atoms with Crippen molar-refractivity contribution < 1.29 is 4.74 Å². The zero-order valence-electron chi connectivity index (χ0n) is 12.4. The Labute approximate surface area is 112 Å². The summed E-state index contributed by atoms with van der Waals surface area (Å²) in [7, 11) is 0. The largest absolute Gasteiger partial charge is 0.491 e. The summed E-state index contributed by atoms with van der Waals surface area (Å²) in [6, 6.07) is 9.31. The van der Waals surface area contributed by atoms with Crippen LogP contribution in [0.1, 0.15) is 59.1 Å². The van der Waals surface area contributed by atoms with E-state index in [1.54, 1.807) is 0 Å². The Bertz CT molecular complexity index is 351. The lowest BCUT2D eigenvalue weighted by Gasteiger charge is -2.20. The molecule has 0 aliphatic heterocycles. The summed E-state index contributed by atoms with van der Waals surface area (Å²) in [5.74, 6) is 0.972. The highest BCUT2D eigenvalue weighted by Gasteiger charge is 2.09. The van der Waals surface area contributed by atoms with Gasteiger partial charge in [0.2, 0.25) is 0 Å². The second kappa shape index (κ2) is 7.42. The van der Waals surface area contributed by atoms with Crippen molar-refractivity contribution in [3.8, 4) is 5.75 Å². The van der Waals surface area contributed by atoms with Crippen molar-refractivity contribution in [1.82, 2.24) is 5.32 Å². The van der Waals surface area contributed by atoms with Crippen molar-refractivity contribution in [2.24, 2.45) is 0 Å². The van der Waals surface area contributed by atoms with Crippen LogP contribution in [0.4, 0.5) is 0 Å². The molecule has 3 atom stereocenters. The zero-order chi connectivity index (χ0) is 13.5. The van der Waals surface area contributed by atoms with Gasteiger partial charge in [-0.3, -0.25) is 0 Å². The van der Waals surface area contributed by atoms with Crippen LogP contribution in [0.15, 0.2) is 24.3 Å². The lowest BCUT2D eigenvalue weighted by Crippen LogP contribution is -2.28. The molecule has 0 radical (unpaired) electrons. The number of benzene rings is 1. The molecule has 2 nitrogen and oxygen atoms in total. The third kappa shape index (κ3) is 4.69. The average Bonchev–Trinajstić information content (AvgIpc) is 2.38. The van der Waals surface area contributed by atoms with Crippen LogP contribution < -0.4 is 10.1 Å². The lowest BCUT2D eigenvalue weighted by atomic mass is 10.1. The van der Waals surface area contributed by atoms with E-state index in [9.17, 15) is 0 Å². The molecular weight excluding hydrogens is 222 g/mol. The number of rotatable bonds is 7. The maximum Gasteiger partial charge on any atom is 0.120 e. The highest BCUT2D eigenvalue weighted by Crippen LogP contribution is 2.21. The smallest absolute Gasteiger partial charge is 0.120 e. The molecule has 2 heteroatoms. The summed E-state index contributed by atoms with van der Waals surface area (Å²) in [6.07, 6.45) is 2.45. The molecule has 0 unspecified atom stereocenters. The van der Waals surface area contributed by atoms with Gasteiger partial charge in [0, 0.05) is 12.1 Å².